The highest BCUT2D eigenvalue weighted by Crippen LogP contribution is 2.29. The zero-order chi connectivity index (χ0) is 9.38. The average Bonchev–Trinajstić information content (AvgIpc) is 2.92. The maximum Gasteiger partial charge on any atom is 0.0725 e. The lowest BCUT2D eigenvalue weighted by Gasteiger charge is -2.06. The van der Waals surface area contributed by atoms with Crippen LogP contribution in [0.5, 0.6) is 0 Å². The lowest BCUT2D eigenvalue weighted by atomic mass is 10.1. The molecule has 1 heterocycles. The van der Waals surface area contributed by atoms with Gasteiger partial charge in [0, 0.05) is 12.2 Å². The molecule has 0 amide bonds. The number of fused-ring (bicyclic) bond motifs is 1. The van der Waals surface area contributed by atoms with E-state index in [4.69, 9.17) is 4.74 Å². The lowest BCUT2D eigenvalue weighted by Crippen LogP contribution is -2.03. The number of nitrogens with one attached hydrogen (secondary N) is 1. The van der Waals surface area contributed by atoms with E-state index < -0.39 is 0 Å². The van der Waals surface area contributed by atoms with Crippen molar-refractivity contribution in [2.75, 3.05) is 11.9 Å². The van der Waals surface area contributed by atoms with Crippen molar-refractivity contribution >= 4 is 5.69 Å². The summed E-state index contributed by atoms with van der Waals surface area (Å²) < 4.78 is 5.38. The van der Waals surface area contributed by atoms with Gasteiger partial charge in [0.25, 0.3) is 0 Å². The summed E-state index contributed by atoms with van der Waals surface area (Å²) >= 11 is 0. The predicted octanol–water partition coefficient (Wildman–Crippen LogP) is 2.54. The van der Waals surface area contributed by atoms with Crippen LogP contribution in [0.4, 0.5) is 5.69 Å². The highest BCUT2D eigenvalue weighted by molar-refractivity contribution is 5.49. The Kier molecular flexibility index (Phi) is 1.95. The Morgan fingerprint density at radius 1 is 1.21 bits per heavy atom. The highest BCUT2D eigenvalue weighted by Gasteiger charge is 2.20. The standard InChI is InChI=1S/C12H15NO/c1-2-9(1)6-13-12-4-3-10-7-14-8-11(10)5-12/h3-5,9,13H,1-2,6-8H2. The fourth-order valence-corrected chi connectivity index (χ4v) is 1.87. The van der Waals surface area contributed by atoms with Crippen LogP contribution < -0.4 is 5.32 Å². The van der Waals surface area contributed by atoms with Gasteiger partial charge in [0.15, 0.2) is 0 Å². The number of hydrogen-bond acceptors (Lipinski definition) is 2. The first-order chi connectivity index (χ1) is 6.92. The predicted molar refractivity (Wildman–Crippen MR) is 56.1 cm³/mol. The Bertz CT molecular complexity index is 344. The number of benzene rings is 1. The first-order valence-electron chi connectivity index (χ1n) is 5.35. The summed E-state index contributed by atoms with van der Waals surface area (Å²) in [4.78, 5) is 0. The quantitative estimate of drug-likeness (QED) is 0.789. The van der Waals surface area contributed by atoms with Crippen LogP contribution in [0.15, 0.2) is 18.2 Å². The third-order valence-electron chi connectivity index (χ3n) is 3.01. The Balaban J connectivity index is 1.71. The molecule has 2 nitrogen and oxygen atoms in total. The maximum absolute atomic E-state index is 5.38. The van der Waals surface area contributed by atoms with Gasteiger partial charge in [0.1, 0.15) is 0 Å². The fourth-order valence-electron chi connectivity index (χ4n) is 1.87. The van der Waals surface area contributed by atoms with Gasteiger partial charge in [0.2, 0.25) is 0 Å². The van der Waals surface area contributed by atoms with Gasteiger partial charge in [-0.25, -0.2) is 0 Å². The number of rotatable bonds is 3. The van der Waals surface area contributed by atoms with E-state index >= 15 is 0 Å². The normalized spacial score (nSPS) is 19.4. The first-order valence-corrected chi connectivity index (χ1v) is 5.35. The van der Waals surface area contributed by atoms with Gasteiger partial charge in [0.05, 0.1) is 13.2 Å². The molecule has 0 radical (unpaired) electrons. The van der Waals surface area contributed by atoms with Crippen molar-refractivity contribution in [1.82, 2.24) is 0 Å². The maximum atomic E-state index is 5.38. The van der Waals surface area contributed by atoms with Crippen molar-refractivity contribution in [3.05, 3.63) is 29.3 Å². The van der Waals surface area contributed by atoms with Crippen molar-refractivity contribution in [2.45, 2.75) is 26.1 Å². The van der Waals surface area contributed by atoms with E-state index in [1.54, 1.807) is 0 Å². The molecule has 1 aliphatic carbocycles. The third-order valence-corrected chi connectivity index (χ3v) is 3.01. The van der Waals surface area contributed by atoms with E-state index in [1.165, 1.54) is 29.7 Å². The van der Waals surface area contributed by atoms with Gasteiger partial charge in [-0.15, -0.1) is 0 Å². The van der Waals surface area contributed by atoms with E-state index in [0.717, 1.165) is 25.7 Å². The van der Waals surface area contributed by atoms with Crippen LogP contribution in [0, 0.1) is 5.92 Å². The largest absolute Gasteiger partial charge is 0.385 e. The van der Waals surface area contributed by atoms with E-state index in [2.05, 4.69) is 23.5 Å². The zero-order valence-corrected chi connectivity index (χ0v) is 8.25. The molecule has 0 aromatic heterocycles. The van der Waals surface area contributed by atoms with Crippen molar-refractivity contribution in [3.63, 3.8) is 0 Å². The topological polar surface area (TPSA) is 21.3 Å². The van der Waals surface area contributed by atoms with Crippen LogP contribution in [0.3, 0.4) is 0 Å². The molecule has 74 valence electrons. The second kappa shape index (κ2) is 3.28. The minimum absolute atomic E-state index is 0.786. The summed E-state index contributed by atoms with van der Waals surface area (Å²) in [6, 6.07) is 6.57. The molecule has 1 N–H and O–H groups in total. The Labute approximate surface area is 84.3 Å². The second-order valence-electron chi connectivity index (χ2n) is 4.30. The zero-order valence-electron chi connectivity index (χ0n) is 8.25. The van der Waals surface area contributed by atoms with E-state index in [0.29, 0.717) is 0 Å². The molecule has 0 atom stereocenters. The van der Waals surface area contributed by atoms with Crippen LogP contribution >= 0.6 is 0 Å². The van der Waals surface area contributed by atoms with E-state index in [9.17, 15) is 0 Å². The van der Waals surface area contributed by atoms with Crippen molar-refractivity contribution in [2.24, 2.45) is 5.92 Å². The van der Waals surface area contributed by atoms with E-state index in [-0.39, 0.29) is 0 Å². The summed E-state index contributed by atoms with van der Waals surface area (Å²) in [5.41, 5.74) is 3.95. The highest BCUT2D eigenvalue weighted by atomic mass is 16.5. The van der Waals surface area contributed by atoms with Crippen LogP contribution in [0.1, 0.15) is 24.0 Å². The van der Waals surface area contributed by atoms with Crippen LogP contribution in [0.25, 0.3) is 0 Å². The van der Waals surface area contributed by atoms with Crippen molar-refractivity contribution < 1.29 is 4.74 Å². The van der Waals surface area contributed by atoms with Gasteiger partial charge >= 0.3 is 0 Å². The molecular formula is C12H15NO. The minimum Gasteiger partial charge on any atom is -0.385 e. The smallest absolute Gasteiger partial charge is 0.0725 e. The van der Waals surface area contributed by atoms with Gasteiger partial charge < -0.3 is 10.1 Å². The lowest BCUT2D eigenvalue weighted by molar-refractivity contribution is 0.134. The Morgan fingerprint density at radius 3 is 2.93 bits per heavy atom. The average molecular weight is 189 g/mol. The third kappa shape index (κ3) is 1.62. The summed E-state index contributed by atoms with van der Waals surface area (Å²) in [6.07, 6.45) is 2.81. The molecule has 1 aliphatic heterocycles. The molecule has 1 aromatic carbocycles. The molecule has 1 fully saturated rings. The van der Waals surface area contributed by atoms with Crippen molar-refractivity contribution in [3.8, 4) is 0 Å². The molecule has 3 rings (SSSR count). The van der Waals surface area contributed by atoms with Crippen LogP contribution in [-0.4, -0.2) is 6.54 Å². The van der Waals surface area contributed by atoms with Gasteiger partial charge in [-0.3, -0.25) is 0 Å². The molecule has 2 aliphatic rings. The Hall–Kier alpha value is -1.02. The summed E-state index contributed by atoms with van der Waals surface area (Å²) in [5, 5.41) is 3.48. The fraction of sp³-hybridized carbons (Fsp3) is 0.500. The first kappa shape index (κ1) is 8.30. The number of ether oxygens (including phenoxy) is 1. The van der Waals surface area contributed by atoms with Crippen LogP contribution in [-0.2, 0) is 18.0 Å². The molecule has 0 spiro atoms. The molecule has 2 heteroatoms. The van der Waals surface area contributed by atoms with E-state index in [1.807, 2.05) is 0 Å². The SMILES string of the molecule is c1cc2c(cc1NCC1CC1)COC2. The summed E-state index contributed by atoms with van der Waals surface area (Å²) in [6.45, 7) is 2.71. The summed E-state index contributed by atoms with van der Waals surface area (Å²) in [7, 11) is 0. The molecule has 0 bridgehead atoms. The molecule has 0 unspecified atom stereocenters. The Morgan fingerprint density at radius 2 is 2.07 bits per heavy atom. The number of anilines is 1. The molecule has 1 saturated carbocycles. The van der Waals surface area contributed by atoms with Crippen molar-refractivity contribution in [1.29, 1.82) is 0 Å². The monoisotopic (exact) mass is 189 g/mol. The second-order valence-corrected chi connectivity index (χ2v) is 4.30. The molecule has 1 aromatic rings. The van der Waals surface area contributed by atoms with Gasteiger partial charge in [-0.1, -0.05) is 6.07 Å². The van der Waals surface area contributed by atoms with Gasteiger partial charge in [-0.05, 0) is 42.0 Å². The van der Waals surface area contributed by atoms with Gasteiger partial charge in [-0.2, -0.15) is 0 Å². The molecule has 0 saturated heterocycles. The minimum atomic E-state index is 0.786. The summed E-state index contributed by atoms with van der Waals surface area (Å²) in [5.74, 6) is 0.930. The number of hydrogen-bond donors (Lipinski definition) is 1. The molecular weight excluding hydrogens is 174 g/mol. The van der Waals surface area contributed by atoms with Crippen LogP contribution in [0.2, 0.25) is 0 Å². The molecule has 14 heavy (non-hydrogen) atoms.